The lowest BCUT2D eigenvalue weighted by Gasteiger charge is -2.24. The fourth-order valence-electron chi connectivity index (χ4n) is 5.67. The molecular formula is C47H64Cl2N6O10. The van der Waals surface area contributed by atoms with Gasteiger partial charge in [-0.1, -0.05) is 76.2 Å². The molecule has 0 bridgehead atoms. The number of rotatable bonds is 19. The molecule has 18 heteroatoms. The van der Waals surface area contributed by atoms with Gasteiger partial charge in [-0.3, -0.25) is 9.59 Å². The van der Waals surface area contributed by atoms with Crippen LogP contribution in [0.15, 0.2) is 98.1 Å². The van der Waals surface area contributed by atoms with E-state index < -0.39 is 60.0 Å². The number of hydrogen-bond acceptors (Lipinski definition) is 13. The molecule has 4 aromatic rings. The van der Waals surface area contributed by atoms with Crippen molar-refractivity contribution < 1.29 is 47.7 Å². The fourth-order valence-corrected chi connectivity index (χ4v) is 5.67. The molecule has 4 unspecified atom stereocenters. The van der Waals surface area contributed by atoms with Crippen molar-refractivity contribution in [2.24, 2.45) is 29.4 Å². The van der Waals surface area contributed by atoms with E-state index in [2.05, 4.69) is 15.3 Å². The summed E-state index contributed by atoms with van der Waals surface area (Å²) in [5, 5.41) is 2.58. The van der Waals surface area contributed by atoms with Gasteiger partial charge >= 0.3 is 30.0 Å². The van der Waals surface area contributed by atoms with Gasteiger partial charge in [0.05, 0.1) is 24.5 Å². The Morgan fingerprint density at radius 1 is 0.646 bits per heavy atom. The zero-order valence-electron chi connectivity index (χ0n) is 38.5. The smallest absolute Gasteiger partial charge is 0.407 e. The van der Waals surface area contributed by atoms with Crippen LogP contribution in [-0.2, 0) is 56.0 Å². The van der Waals surface area contributed by atoms with E-state index in [0.717, 1.165) is 28.8 Å². The summed E-state index contributed by atoms with van der Waals surface area (Å²) in [5.41, 5.74) is 8.86. The Labute approximate surface area is 394 Å². The molecule has 0 fully saturated rings. The molecule has 2 heterocycles. The molecule has 0 spiro atoms. The average molecular weight is 944 g/mol. The highest BCUT2D eigenvalue weighted by Crippen LogP contribution is 2.16. The highest BCUT2D eigenvalue weighted by Gasteiger charge is 2.28. The largest absolute Gasteiger partial charge is 0.444 e. The van der Waals surface area contributed by atoms with Crippen LogP contribution < -0.4 is 11.1 Å². The van der Waals surface area contributed by atoms with Crippen molar-refractivity contribution in [2.45, 2.75) is 93.6 Å². The molecule has 0 aliphatic carbocycles. The molecule has 356 valence electrons. The van der Waals surface area contributed by atoms with Crippen molar-refractivity contribution in [3.63, 3.8) is 0 Å². The summed E-state index contributed by atoms with van der Waals surface area (Å²) in [7, 11) is 0. The number of benzene rings is 2. The first-order chi connectivity index (χ1) is 29.8. The van der Waals surface area contributed by atoms with Crippen LogP contribution in [0.3, 0.4) is 0 Å². The fraction of sp³-hybridized carbons (Fsp3) is 0.426. The highest BCUT2D eigenvalue weighted by atomic mass is 35.5. The number of aromatic nitrogens is 4. The maximum absolute atomic E-state index is 12.6. The summed E-state index contributed by atoms with van der Waals surface area (Å²) in [6, 6.07) is 15.5. The first-order valence-electron chi connectivity index (χ1n) is 20.8. The van der Waals surface area contributed by atoms with Crippen molar-refractivity contribution in [3.8, 4) is 0 Å². The van der Waals surface area contributed by atoms with Crippen molar-refractivity contribution >= 4 is 66.9 Å². The van der Waals surface area contributed by atoms with Gasteiger partial charge < -0.3 is 43.9 Å². The summed E-state index contributed by atoms with van der Waals surface area (Å²) in [5.74, 6) is -3.37. The number of alkyl carbamates (subject to hydrolysis) is 1. The molecule has 2 aromatic heterocycles. The second kappa shape index (κ2) is 28.7. The lowest BCUT2D eigenvalue weighted by Crippen LogP contribution is -2.40. The zero-order valence-corrected chi connectivity index (χ0v) is 40.1. The van der Waals surface area contributed by atoms with Gasteiger partial charge in [-0.15, -0.1) is 24.8 Å². The average Bonchev–Trinajstić information content (AvgIpc) is 3.92. The third-order valence-corrected chi connectivity index (χ3v) is 9.09. The lowest BCUT2D eigenvalue weighted by molar-refractivity contribution is -0.187. The summed E-state index contributed by atoms with van der Waals surface area (Å²) in [6.45, 7) is 17.3. The Bertz CT molecular complexity index is 2080. The SMILES string of the molecule is CC(OC(=O)/C=C/c1ccc(Cn2ccnc2)cc1)OC(=O)C(CN)C(C)C.CC(OC(=O)/C=C/c1ccc(Cn2ccnc2)cc1)OC(=O)C(CNC(=O)OC(C)(C)C)C(C)C.Cl.Cl. The summed E-state index contributed by atoms with van der Waals surface area (Å²) < 4.78 is 29.8. The number of halogens is 2. The van der Waals surface area contributed by atoms with Crippen LogP contribution in [0, 0.1) is 23.7 Å². The van der Waals surface area contributed by atoms with Crippen molar-refractivity contribution in [3.05, 3.63) is 120 Å². The number of nitrogens with two attached hydrogens (primary N) is 1. The summed E-state index contributed by atoms with van der Waals surface area (Å²) in [6.07, 6.45) is 13.9. The van der Waals surface area contributed by atoms with Crippen LogP contribution in [-0.4, -0.2) is 80.3 Å². The van der Waals surface area contributed by atoms with E-state index in [0.29, 0.717) is 6.54 Å². The quantitative estimate of drug-likeness (QED) is 0.0402. The minimum absolute atomic E-state index is 0. The van der Waals surface area contributed by atoms with Crippen molar-refractivity contribution in [1.82, 2.24) is 24.4 Å². The van der Waals surface area contributed by atoms with E-state index in [1.54, 1.807) is 58.0 Å². The molecule has 0 saturated carbocycles. The van der Waals surface area contributed by atoms with E-state index >= 15 is 0 Å². The number of esters is 4. The monoisotopic (exact) mass is 942 g/mol. The van der Waals surface area contributed by atoms with Crippen LogP contribution in [0.2, 0.25) is 0 Å². The van der Waals surface area contributed by atoms with E-state index in [-0.39, 0.29) is 49.7 Å². The number of nitrogens with one attached hydrogen (secondary N) is 1. The Hall–Kier alpha value is -5.97. The van der Waals surface area contributed by atoms with Gasteiger partial charge in [0.15, 0.2) is 0 Å². The number of amides is 1. The lowest BCUT2D eigenvalue weighted by atomic mass is 9.96. The standard InChI is InChI=1S/C26H35N3O6.C21H27N3O4.2ClH/c1-18(2)22(15-28-25(32)35-26(4,5)6)24(31)34-19(3)33-23(30)12-11-20-7-9-21(10-8-20)16-29-14-13-27-17-29;1-15(2)19(12-22)21(26)28-16(3)27-20(25)9-8-17-4-6-18(7-5-17)13-24-11-10-23-14-24;;/h7-14,17-19,22H,15-16H2,1-6H3,(H,28,32);4-11,14-16,19H,12-13,22H2,1-3H3;2*1H/b12-11+;9-8+;;. The predicted molar refractivity (Wildman–Crippen MR) is 251 cm³/mol. The number of hydrogen-bond donors (Lipinski definition) is 2. The molecule has 1 amide bonds. The zero-order chi connectivity index (χ0) is 46.5. The molecule has 0 aliphatic heterocycles. The normalized spacial score (nSPS) is 13.0. The Morgan fingerprint density at radius 2 is 1.05 bits per heavy atom. The summed E-state index contributed by atoms with van der Waals surface area (Å²) in [4.78, 5) is 68.6. The number of ether oxygens (including phenoxy) is 5. The number of carbonyl (C=O) groups excluding carboxylic acids is 5. The molecule has 4 rings (SSSR count). The first kappa shape index (κ1) is 57.0. The van der Waals surface area contributed by atoms with Gasteiger partial charge in [0.25, 0.3) is 0 Å². The van der Waals surface area contributed by atoms with E-state index in [1.807, 2.05) is 97.8 Å². The molecule has 0 aliphatic rings. The van der Waals surface area contributed by atoms with Gasteiger partial charge in [-0.2, -0.15) is 0 Å². The van der Waals surface area contributed by atoms with Gasteiger partial charge in [-0.25, -0.2) is 24.4 Å². The van der Waals surface area contributed by atoms with Crippen molar-refractivity contribution in [2.75, 3.05) is 13.1 Å². The van der Waals surface area contributed by atoms with E-state index in [4.69, 9.17) is 29.4 Å². The molecule has 2 aromatic carbocycles. The van der Waals surface area contributed by atoms with Crippen LogP contribution in [0.25, 0.3) is 12.2 Å². The molecule has 16 nitrogen and oxygen atoms in total. The number of nitrogens with zero attached hydrogens (tertiary/aromatic N) is 4. The second-order valence-electron chi connectivity index (χ2n) is 16.3. The Kier molecular flexibility index (Phi) is 25.2. The van der Waals surface area contributed by atoms with Crippen LogP contribution >= 0.6 is 24.8 Å². The van der Waals surface area contributed by atoms with E-state index in [1.165, 1.54) is 26.0 Å². The topological polar surface area (TPSA) is 205 Å². The van der Waals surface area contributed by atoms with Crippen LogP contribution in [0.5, 0.6) is 0 Å². The maximum Gasteiger partial charge on any atom is 0.407 e. The molecule has 3 N–H and O–H groups in total. The predicted octanol–water partition coefficient (Wildman–Crippen LogP) is 7.63. The molecule has 65 heavy (non-hydrogen) atoms. The number of imidazole rings is 2. The third-order valence-electron chi connectivity index (χ3n) is 9.09. The molecular weight excluding hydrogens is 879 g/mol. The first-order valence-corrected chi connectivity index (χ1v) is 20.8. The Balaban J connectivity index is 0.000000645. The van der Waals surface area contributed by atoms with Gasteiger partial charge in [0.1, 0.15) is 5.60 Å². The minimum atomic E-state index is -1.08. The molecule has 0 radical (unpaired) electrons. The van der Waals surface area contributed by atoms with Gasteiger partial charge in [0.2, 0.25) is 12.6 Å². The highest BCUT2D eigenvalue weighted by molar-refractivity contribution is 5.88. The number of carbonyl (C=O) groups is 5. The molecule has 0 saturated heterocycles. The molecule has 4 atom stereocenters. The summed E-state index contributed by atoms with van der Waals surface area (Å²) >= 11 is 0. The van der Waals surface area contributed by atoms with E-state index in [9.17, 15) is 24.0 Å². The minimum Gasteiger partial charge on any atom is -0.444 e. The Morgan fingerprint density at radius 3 is 1.38 bits per heavy atom. The van der Waals surface area contributed by atoms with Crippen molar-refractivity contribution in [1.29, 1.82) is 0 Å². The van der Waals surface area contributed by atoms with Gasteiger partial charge in [0, 0.05) is 77.0 Å². The second-order valence-corrected chi connectivity index (χ2v) is 16.3. The van der Waals surface area contributed by atoms with Crippen LogP contribution in [0.1, 0.15) is 84.6 Å². The third kappa shape index (κ3) is 22.5. The maximum atomic E-state index is 12.6. The van der Waals surface area contributed by atoms with Gasteiger partial charge in [-0.05, 0) is 67.0 Å². The van der Waals surface area contributed by atoms with Crippen LogP contribution in [0.4, 0.5) is 4.79 Å².